The summed E-state index contributed by atoms with van der Waals surface area (Å²) < 4.78 is 10.9. The number of rotatable bonds is 9. The predicted molar refractivity (Wildman–Crippen MR) is 122 cm³/mol. The van der Waals surface area contributed by atoms with Gasteiger partial charge >= 0.3 is 5.97 Å². The minimum atomic E-state index is -0.596. The summed E-state index contributed by atoms with van der Waals surface area (Å²) in [4.78, 5) is 35.9. The van der Waals surface area contributed by atoms with Crippen molar-refractivity contribution in [1.82, 2.24) is 0 Å². The topological polar surface area (TPSA) is 81.7 Å². The van der Waals surface area contributed by atoms with Crippen LogP contribution in [0.1, 0.15) is 34.3 Å². The number of esters is 1. The molecule has 0 radical (unpaired) electrons. The fourth-order valence-corrected chi connectivity index (χ4v) is 2.92. The average Bonchev–Trinajstić information content (AvgIpc) is 2.80. The minimum Gasteiger partial charge on any atom is -0.457 e. The number of carbonyl (C=O) groups excluding carboxylic acids is 3. The second-order valence-electron chi connectivity index (χ2n) is 7.39. The summed E-state index contributed by atoms with van der Waals surface area (Å²) in [6.45, 7) is 3.64. The van der Waals surface area contributed by atoms with Gasteiger partial charge in [0, 0.05) is 17.7 Å². The van der Waals surface area contributed by atoms with Crippen molar-refractivity contribution < 1.29 is 23.9 Å². The predicted octanol–water partition coefficient (Wildman–Crippen LogP) is 5.24. The van der Waals surface area contributed by atoms with E-state index in [4.69, 9.17) is 9.47 Å². The van der Waals surface area contributed by atoms with Crippen molar-refractivity contribution in [2.75, 3.05) is 11.9 Å². The first-order chi connectivity index (χ1) is 15.4. The van der Waals surface area contributed by atoms with E-state index in [1.807, 2.05) is 32.0 Å². The Morgan fingerprint density at radius 2 is 1.56 bits per heavy atom. The third-order valence-corrected chi connectivity index (χ3v) is 4.73. The number of nitrogens with one attached hydrogen (secondary N) is 1. The summed E-state index contributed by atoms with van der Waals surface area (Å²) in [5.74, 6) is 0.238. The molecule has 3 aromatic carbocycles. The second-order valence-corrected chi connectivity index (χ2v) is 7.39. The van der Waals surface area contributed by atoms with Crippen molar-refractivity contribution in [2.24, 2.45) is 0 Å². The summed E-state index contributed by atoms with van der Waals surface area (Å²) in [5, 5.41) is 2.73. The maximum atomic E-state index is 12.1. The van der Waals surface area contributed by atoms with Crippen LogP contribution >= 0.6 is 0 Å². The SMILES string of the molecule is Cc1ccc(C)c(Oc2ccc(NC(=O)CCC(=O)OCC(=O)c3ccccc3)cc2)c1. The first kappa shape index (κ1) is 22.7. The van der Waals surface area contributed by atoms with E-state index in [1.54, 1.807) is 54.6 Å². The van der Waals surface area contributed by atoms with Crippen molar-refractivity contribution in [2.45, 2.75) is 26.7 Å². The number of benzene rings is 3. The number of hydrogen-bond acceptors (Lipinski definition) is 5. The third kappa shape index (κ3) is 6.80. The van der Waals surface area contributed by atoms with Crippen molar-refractivity contribution >= 4 is 23.3 Å². The number of amides is 1. The molecule has 0 atom stereocenters. The molecule has 1 amide bonds. The molecular formula is C26H25NO5. The van der Waals surface area contributed by atoms with Crippen molar-refractivity contribution in [3.05, 3.63) is 89.5 Å². The number of aryl methyl sites for hydroxylation is 2. The lowest BCUT2D eigenvalue weighted by Gasteiger charge is -2.11. The Hall–Kier alpha value is -3.93. The van der Waals surface area contributed by atoms with E-state index < -0.39 is 5.97 Å². The fraction of sp³-hybridized carbons (Fsp3) is 0.192. The van der Waals surface area contributed by atoms with Gasteiger partial charge in [0.2, 0.25) is 5.91 Å². The van der Waals surface area contributed by atoms with Crippen LogP contribution in [0, 0.1) is 13.8 Å². The summed E-state index contributed by atoms with van der Waals surface area (Å²) in [5.41, 5.74) is 3.21. The molecule has 0 aliphatic carbocycles. The Kier molecular flexibility index (Phi) is 7.75. The first-order valence-electron chi connectivity index (χ1n) is 10.3. The van der Waals surface area contributed by atoms with Gasteiger partial charge in [-0.15, -0.1) is 0 Å². The molecule has 6 nitrogen and oxygen atoms in total. The molecule has 3 aromatic rings. The van der Waals surface area contributed by atoms with Crippen LogP contribution in [0.25, 0.3) is 0 Å². The van der Waals surface area contributed by atoms with Gasteiger partial charge in [0.25, 0.3) is 0 Å². The number of anilines is 1. The highest BCUT2D eigenvalue weighted by Gasteiger charge is 2.12. The Labute approximate surface area is 187 Å². The summed E-state index contributed by atoms with van der Waals surface area (Å²) in [6, 6.07) is 21.6. The van der Waals surface area contributed by atoms with Gasteiger partial charge in [-0.05, 0) is 55.3 Å². The van der Waals surface area contributed by atoms with Gasteiger partial charge in [-0.1, -0.05) is 42.5 Å². The van der Waals surface area contributed by atoms with Crippen LogP contribution in [0.15, 0.2) is 72.8 Å². The Morgan fingerprint density at radius 3 is 2.28 bits per heavy atom. The van der Waals surface area contributed by atoms with Gasteiger partial charge < -0.3 is 14.8 Å². The number of ether oxygens (including phenoxy) is 2. The molecule has 0 aliphatic rings. The molecule has 3 rings (SSSR count). The Morgan fingerprint density at radius 1 is 0.844 bits per heavy atom. The molecule has 0 aliphatic heterocycles. The average molecular weight is 431 g/mol. The zero-order valence-electron chi connectivity index (χ0n) is 18.1. The van der Waals surface area contributed by atoms with Crippen LogP contribution in [-0.2, 0) is 14.3 Å². The van der Waals surface area contributed by atoms with E-state index in [2.05, 4.69) is 5.32 Å². The minimum absolute atomic E-state index is 0.0426. The summed E-state index contributed by atoms with van der Waals surface area (Å²) >= 11 is 0. The summed E-state index contributed by atoms with van der Waals surface area (Å²) in [6.07, 6.45) is -0.152. The molecule has 32 heavy (non-hydrogen) atoms. The van der Waals surface area contributed by atoms with Crippen LogP contribution in [-0.4, -0.2) is 24.3 Å². The third-order valence-electron chi connectivity index (χ3n) is 4.73. The van der Waals surface area contributed by atoms with Crippen LogP contribution in [0.2, 0.25) is 0 Å². The van der Waals surface area contributed by atoms with Gasteiger partial charge in [-0.3, -0.25) is 14.4 Å². The van der Waals surface area contributed by atoms with E-state index >= 15 is 0 Å². The normalized spacial score (nSPS) is 10.3. The molecule has 164 valence electrons. The van der Waals surface area contributed by atoms with Crippen LogP contribution in [0.5, 0.6) is 11.5 Å². The maximum Gasteiger partial charge on any atom is 0.306 e. The Bertz CT molecular complexity index is 1090. The lowest BCUT2D eigenvalue weighted by atomic mass is 10.1. The van der Waals surface area contributed by atoms with Gasteiger partial charge in [0.05, 0.1) is 6.42 Å². The van der Waals surface area contributed by atoms with E-state index in [-0.39, 0.29) is 31.1 Å². The highest BCUT2D eigenvalue weighted by Crippen LogP contribution is 2.27. The van der Waals surface area contributed by atoms with Crippen LogP contribution < -0.4 is 10.1 Å². The molecule has 0 heterocycles. The van der Waals surface area contributed by atoms with E-state index in [0.717, 1.165) is 16.9 Å². The van der Waals surface area contributed by atoms with Gasteiger partial charge in [-0.25, -0.2) is 0 Å². The highest BCUT2D eigenvalue weighted by molar-refractivity contribution is 5.98. The number of carbonyl (C=O) groups is 3. The second kappa shape index (κ2) is 10.9. The lowest BCUT2D eigenvalue weighted by Crippen LogP contribution is -2.17. The molecule has 0 bridgehead atoms. The van der Waals surface area contributed by atoms with Crippen molar-refractivity contribution in [3.63, 3.8) is 0 Å². The quantitative estimate of drug-likeness (QED) is 0.370. The zero-order valence-corrected chi connectivity index (χ0v) is 18.1. The highest BCUT2D eigenvalue weighted by atomic mass is 16.5. The van der Waals surface area contributed by atoms with Crippen LogP contribution in [0.4, 0.5) is 5.69 Å². The number of hydrogen-bond donors (Lipinski definition) is 1. The smallest absolute Gasteiger partial charge is 0.306 e. The standard InChI is InChI=1S/C26H25NO5/c1-18-8-9-19(2)24(16-18)32-22-12-10-21(11-13-22)27-25(29)14-15-26(30)31-17-23(28)20-6-4-3-5-7-20/h3-13,16H,14-15,17H2,1-2H3,(H,27,29). The number of Topliss-reactive ketones (excluding diaryl/α,β-unsaturated/α-hetero) is 1. The fourth-order valence-electron chi connectivity index (χ4n) is 2.92. The van der Waals surface area contributed by atoms with E-state index in [0.29, 0.717) is 17.0 Å². The zero-order chi connectivity index (χ0) is 22.9. The van der Waals surface area contributed by atoms with Crippen molar-refractivity contribution in [3.8, 4) is 11.5 Å². The molecule has 0 fully saturated rings. The van der Waals surface area contributed by atoms with E-state index in [1.165, 1.54) is 0 Å². The van der Waals surface area contributed by atoms with Crippen LogP contribution in [0.3, 0.4) is 0 Å². The molecular weight excluding hydrogens is 406 g/mol. The monoisotopic (exact) mass is 431 g/mol. The van der Waals surface area contributed by atoms with E-state index in [9.17, 15) is 14.4 Å². The molecule has 1 N–H and O–H groups in total. The molecule has 0 spiro atoms. The number of ketones is 1. The Balaban J connectivity index is 1.42. The van der Waals surface area contributed by atoms with Gasteiger partial charge in [0.15, 0.2) is 12.4 Å². The van der Waals surface area contributed by atoms with Gasteiger partial charge in [-0.2, -0.15) is 0 Å². The molecule has 0 saturated carbocycles. The van der Waals surface area contributed by atoms with Gasteiger partial charge in [0.1, 0.15) is 11.5 Å². The maximum absolute atomic E-state index is 12.1. The molecule has 0 aromatic heterocycles. The first-order valence-corrected chi connectivity index (χ1v) is 10.3. The molecule has 6 heteroatoms. The lowest BCUT2D eigenvalue weighted by molar-refractivity contribution is -0.143. The summed E-state index contributed by atoms with van der Waals surface area (Å²) in [7, 11) is 0. The largest absolute Gasteiger partial charge is 0.457 e. The molecule has 0 unspecified atom stereocenters. The van der Waals surface area contributed by atoms with Crippen molar-refractivity contribution in [1.29, 1.82) is 0 Å². The molecule has 0 saturated heterocycles.